The molecule has 2 rings (SSSR count). The first-order chi connectivity index (χ1) is 9.82. The van der Waals surface area contributed by atoms with Gasteiger partial charge in [0.25, 0.3) is 0 Å². The van der Waals surface area contributed by atoms with Crippen molar-refractivity contribution in [3.8, 4) is 0 Å². The Kier molecular flexibility index (Phi) is 5.30. The first kappa shape index (κ1) is 16.3. The molecule has 1 N–H and O–H groups in total. The number of aromatic nitrogens is 2. The van der Waals surface area contributed by atoms with Crippen molar-refractivity contribution in [2.24, 2.45) is 5.92 Å². The summed E-state index contributed by atoms with van der Waals surface area (Å²) in [5, 5.41) is 7.27. The minimum atomic E-state index is -0.436. The van der Waals surface area contributed by atoms with Gasteiger partial charge in [-0.15, -0.1) is 0 Å². The number of hydrogen-bond acceptors (Lipinski definition) is 3. The normalized spacial score (nSPS) is 22.9. The summed E-state index contributed by atoms with van der Waals surface area (Å²) in [5.41, 5.74) is -0.436. The molecule has 1 heterocycles. The average Bonchev–Trinajstić information content (AvgIpc) is 2.75. The molecule has 0 bridgehead atoms. The molecule has 21 heavy (non-hydrogen) atoms. The van der Waals surface area contributed by atoms with Crippen molar-refractivity contribution in [3.63, 3.8) is 0 Å². The van der Waals surface area contributed by atoms with Crippen LogP contribution in [0.5, 0.6) is 0 Å². The van der Waals surface area contributed by atoms with E-state index in [9.17, 15) is 4.79 Å². The van der Waals surface area contributed by atoms with E-state index in [1.165, 1.54) is 0 Å². The number of nitrogens with zero attached hydrogens (tertiary/aromatic N) is 2. The molecule has 6 heteroatoms. The molecular weight excluding hydrogens is 334 g/mol. The molecule has 1 aliphatic carbocycles. The fraction of sp³-hybridized carbons (Fsp3) is 0.733. The van der Waals surface area contributed by atoms with E-state index < -0.39 is 5.60 Å². The van der Waals surface area contributed by atoms with Crippen LogP contribution in [0.15, 0.2) is 16.9 Å². The van der Waals surface area contributed by atoms with Gasteiger partial charge >= 0.3 is 6.09 Å². The summed E-state index contributed by atoms with van der Waals surface area (Å²) in [4.78, 5) is 11.7. The summed E-state index contributed by atoms with van der Waals surface area (Å²) in [7, 11) is 0. The maximum absolute atomic E-state index is 11.7. The van der Waals surface area contributed by atoms with Crippen molar-refractivity contribution in [2.45, 2.75) is 64.6 Å². The third-order valence-corrected chi connectivity index (χ3v) is 4.02. The van der Waals surface area contributed by atoms with Crippen LogP contribution in [0.25, 0.3) is 0 Å². The van der Waals surface area contributed by atoms with Crippen molar-refractivity contribution >= 4 is 22.0 Å². The van der Waals surface area contributed by atoms with Gasteiger partial charge in [0.2, 0.25) is 0 Å². The van der Waals surface area contributed by atoms with Gasteiger partial charge in [0.1, 0.15) is 5.60 Å². The van der Waals surface area contributed by atoms with Gasteiger partial charge < -0.3 is 10.1 Å². The number of amides is 1. The Balaban J connectivity index is 1.72. The lowest BCUT2D eigenvalue weighted by atomic mass is 9.86. The molecule has 0 radical (unpaired) electrons. The molecule has 0 atom stereocenters. The van der Waals surface area contributed by atoms with E-state index in [0.29, 0.717) is 5.92 Å². The van der Waals surface area contributed by atoms with Gasteiger partial charge in [0, 0.05) is 18.8 Å². The second-order valence-corrected chi connectivity index (χ2v) is 7.66. The van der Waals surface area contributed by atoms with Crippen LogP contribution in [-0.2, 0) is 11.3 Å². The first-order valence-electron chi connectivity index (χ1n) is 7.49. The van der Waals surface area contributed by atoms with Crippen molar-refractivity contribution in [2.75, 3.05) is 0 Å². The van der Waals surface area contributed by atoms with E-state index in [0.717, 1.165) is 36.7 Å². The number of alkyl carbamates (subject to hydrolysis) is 1. The highest BCUT2D eigenvalue weighted by atomic mass is 79.9. The minimum Gasteiger partial charge on any atom is -0.444 e. The zero-order valence-corrected chi connectivity index (χ0v) is 14.5. The Morgan fingerprint density at radius 1 is 1.43 bits per heavy atom. The molecule has 0 unspecified atom stereocenters. The van der Waals surface area contributed by atoms with Crippen LogP contribution in [0, 0.1) is 5.92 Å². The van der Waals surface area contributed by atoms with Gasteiger partial charge in [-0.1, -0.05) is 0 Å². The molecule has 0 saturated heterocycles. The molecule has 0 spiro atoms. The molecule has 1 aliphatic rings. The number of ether oxygens (including phenoxy) is 1. The highest BCUT2D eigenvalue weighted by Gasteiger charge is 2.25. The van der Waals surface area contributed by atoms with Gasteiger partial charge in [-0.05, 0) is 68.3 Å². The fourth-order valence-corrected chi connectivity index (χ4v) is 2.99. The summed E-state index contributed by atoms with van der Waals surface area (Å²) >= 11 is 3.41. The fourth-order valence-electron chi connectivity index (χ4n) is 2.67. The van der Waals surface area contributed by atoms with E-state index in [1.807, 2.05) is 37.8 Å². The molecule has 1 saturated carbocycles. The van der Waals surface area contributed by atoms with Crippen LogP contribution in [0.2, 0.25) is 0 Å². The summed E-state index contributed by atoms with van der Waals surface area (Å²) in [6.45, 7) is 6.59. The summed E-state index contributed by atoms with van der Waals surface area (Å²) in [5.74, 6) is 0.633. The molecule has 0 aromatic carbocycles. The Bertz CT molecular complexity index is 474. The standard InChI is InChI=1S/C15H24BrN3O2/c1-15(2,3)21-14(20)18-13-6-4-11(5-7-13)9-19-10-12(16)8-17-19/h8,10-11,13H,4-7,9H2,1-3H3,(H,18,20). The topological polar surface area (TPSA) is 56.1 Å². The molecule has 1 fully saturated rings. The van der Waals surface area contributed by atoms with Crippen molar-refractivity contribution < 1.29 is 9.53 Å². The Labute approximate surface area is 134 Å². The van der Waals surface area contributed by atoms with Crippen molar-refractivity contribution in [1.82, 2.24) is 15.1 Å². The van der Waals surface area contributed by atoms with E-state index in [2.05, 4.69) is 26.3 Å². The lowest BCUT2D eigenvalue weighted by molar-refractivity contribution is 0.0486. The quantitative estimate of drug-likeness (QED) is 0.896. The van der Waals surface area contributed by atoms with Gasteiger partial charge in [0.15, 0.2) is 0 Å². The van der Waals surface area contributed by atoms with Crippen LogP contribution in [0.3, 0.4) is 0 Å². The smallest absolute Gasteiger partial charge is 0.407 e. The van der Waals surface area contributed by atoms with Gasteiger partial charge in [-0.25, -0.2) is 4.79 Å². The molecule has 1 aromatic rings. The maximum atomic E-state index is 11.7. The zero-order valence-electron chi connectivity index (χ0n) is 12.9. The average molecular weight is 358 g/mol. The number of hydrogen-bond donors (Lipinski definition) is 1. The third kappa shape index (κ3) is 5.69. The van der Waals surface area contributed by atoms with Crippen LogP contribution in [0.4, 0.5) is 4.79 Å². The number of carbonyl (C=O) groups excluding carboxylic acids is 1. The predicted molar refractivity (Wildman–Crippen MR) is 85.0 cm³/mol. The van der Waals surface area contributed by atoms with E-state index in [4.69, 9.17) is 4.74 Å². The molecule has 0 aliphatic heterocycles. The Hall–Kier alpha value is -1.04. The van der Waals surface area contributed by atoms with E-state index in [1.54, 1.807) is 0 Å². The van der Waals surface area contributed by atoms with Crippen LogP contribution in [0.1, 0.15) is 46.5 Å². The van der Waals surface area contributed by atoms with Crippen molar-refractivity contribution in [1.29, 1.82) is 0 Å². The van der Waals surface area contributed by atoms with Crippen molar-refractivity contribution in [3.05, 3.63) is 16.9 Å². The summed E-state index contributed by atoms with van der Waals surface area (Å²) in [6, 6.07) is 0.237. The molecule has 1 aromatic heterocycles. The molecule has 1 amide bonds. The first-order valence-corrected chi connectivity index (χ1v) is 8.28. The van der Waals surface area contributed by atoms with Crippen LogP contribution < -0.4 is 5.32 Å². The number of carbonyl (C=O) groups is 1. The number of halogens is 1. The largest absolute Gasteiger partial charge is 0.444 e. The monoisotopic (exact) mass is 357 g/mol. The van der Waals surface area contributed by atoms with Gasteiger partial charge in [-0.2, -0.15) is 5.10 Å². The molecule has 118 valence electrons. The lowest BCUT2D eigenvalue weighted by Crippen LogP contribution is -2.41. The minimum absolute atomic E-state index is 0.237. The maximum Gasteiger partial charge on any atom is 0.407 e. The van der Waals surface area contributed by atoms with Crippen LogP contribution >= 0.6 is 15.9 Å². The molecule has 5 nitrogen and oxygen atoms in total. The molecular formula is C15H24BrN3O2. The highest BCUT2D eigenvalue weighted by molar-refractivity contribution is 9.10. The highest BCUT2D eigenvalue weighted by Crippen LogP contribution is 2.26. The second kappa shape index (κ2) is 6.81. The second-order valence-electron chi connectivity index (χ2n) is 6.74. The number of rotatable bonds is 3. The Morgan fingerprint density at radius 2 is 2.10 bits per heavy atom. The lowest BCUT2D eigenvalue weighted by Gasteiger charge is -2.30. The van der Waals surface area contributed by atoms with Crippen LogP contribution in [-0.4, -0.2) is 27.5 Å². The predicted octanol–water partition coefficient (Wildman–Crippen LogP) is 3.73. The summed E-state index contributed by atoms with van der Waals surface area (Å²) < 4.78 is 8.30. The number of nitrogens with one attached hydrogen (secondary N) is 1. The van der Waals surface area contributed by atoms with E-state index >= 15 is 0 Å². The Morgan fingerprint density at radius 3 is 2.62 bits per heavy atom. The third-order valence-electron chi connectivity index (χ3n) is 3.61. The zero-order chi connectivity index (χ0) is 15.5. The van der Waals surface area contributed by atoms with Gasteiger partial charge in [-0.3, -0.25) is 4.68 Å². The van der Waals surface area contributed by atoms with Gasteiger partial charge in [0.05, 0.1) is 10.7 Å². The SMILES string of the molecule is CC(C)(C)OC(=O)NC1CCC(Cn2cc(Br)cn2)CC1. The summed E-state index contributed by atoms with van der Waals surface area (Å²) in [6.07, 6.45) is 7.75. The van der Waals surface area contributed by atoms with E-state index in [-0.39, 0.29) is 12.1 Å².